The molecule has 3 nitrogen and oxygen atoms in total. The second kappa shape index (κ2) is 4.71. The maximum absolute atomic E-state index is 11.2. The predicted octanol–water partition coefficient (Wildman–Crippen LogP) is 1.96. The maximum Gasteiger partial charge on any atom is 0.322 e. The molecule has 0 bridgehead atoms. The number of carbonyl (C=O) groups is 1. The van der Waals surface area contributed by atoms with E-state index in [0.717, 1.165) is 24.2 Å². The molecule has 16 heavy (non-hydrogen) atoms. The van der Waals surface area contributed by atoms with Crippen molar-refractivity contribution in [3.63, 3.8) is 0 Å². The van der Waals surface area contributed by atoms with E-state index >= 15 is 0 Å². The molecule has 3 heteroatoms. The van der Waals surface area contributed by atoms with Gasteiger partial charge in [-0.25, -0.2) is 0 Å². The minimum Gasteiger partial charge on any atom is -0.497 e. The number of esters is 1. The van der Waals surface area contributed by atoms with E-state index in [1.807, 2.05) is 24.3 Å². The van der Waals surface area contributed by atoms with Gasteiger partial charge in [0.15, 0.2) is 0 Å². The number of carbonyl (C=O) groups excluding carboxylic acids is 1. The zero-order chi connectivity index (χ0) is 11.4. The Labute approximate surface area is 94.4 Å². The third-order valence-corrected chi connectivity index (χ3v) is 2.35. The number of rotatable bonds is 2. The average Bonchev–Trinajstić information content (AvgIpc) is 3.14. The first-order chi connectivity index (χ1) is 7.79. The van der Waals surface area contributed by atoms with Gasteiger partial charge in [0.25, 0.3) is 0 Å². The van der Waals surface area contributed by atoms with Crippen molar-refractivity contribution >= 4 is 5.97 Å². The number of ether oxygens (including phenoxy) is 2. The zero-order valence-electron chi connectivity index (χ0n) is 9.03. The van der Waals surface area contributed by atoms with Gasteiger partial charge in [-0.15, -0.1) is 0 Å². The number of benzene rings is 1. The summed E-state index contributed by atoms with van der Waals surface area (Å²) in [6.07, 6.45) is 4.29. The van der Waals surface area contributed by atoms with E-state index in [9.17, 15) is 4.79 Å². The quantitative estimate of drug-likeness (QED) is 0.560. The first-order valence-corrected chi connectivity index (χ1v) is 5.15. The number of methoxy groups -OCH3 is 1. The largest absolute Gasteiger partial charge is 0.497 e. The summed E-state index contributed by atoms with van der Waals surface area (Å²) >= 11 is 0. The van der Waals surface area contributed by atoms with Gasteiger partial charge in [-0.1, -0.05) is 0 Å². The Bertz CT molecular complexity index is 432. The maximum atomic E-state index is 11.2. The van der Waals surface area contributed by atoms with E-state index < -0.39 is 0 Å². The lowest BCUT2D eigenvalue weighted by Gasteiger charge is -1.97. The van der Waals surface area contributed by atoms with E-state index in [1.54, 1.807) is 7.11 Å². The Morgan fingerprint density at radius 3 is 2.56 bits per heavy atom. The molecule has 1 aliphatic rings. The van der Waals surface area contributed by atoms with Gasteiger partial charge in [0.2, 0.25) is 0 Å². The van der Waals surface area contributed by atoms with Crippen LogP contribution in [0.1, 0.15) is 18.4 Å². The highest BCUT2D eigenvalue weighted by molar-refractivity contribution is 5.75. The summed E-state index contributed by atoms with van der Waals surface area (Å²) in [6, 6.07) is 7.26. The highest BCUT2D eigenvalue weighted by Gasteiger charge is 2.31. The fourth-order valence-electron chi connectivity index (χ4n) is 1.21. The summed E-state index contributed by atoms with van der Waals surface area (Å²) in [7, 11) is 1.61. The molecular formula is C13H12O3. The molecule has 0 heterocycles. The van der Waals surface area contributed by atoms with Gasteiger partial charge in [0, 0.05) is 5.56 Å². The topological polar surface area (TPSA) is 35.5 Å². The van der Waals surface area contributed by atoms with Crippen molar-refractivity contribution in [3.05, 3.63) is 29.8 Å². The van der Waals surface area contributed by atoms with Crippen molar-refractivity contribution in [2.75, 3.05) is 7.11 Å². The lowest BCUT2D eigenvalue weighted by atomic mass is 10.2. The van der Waals surface area contributed by atoms with Crippen LogP contribution in [-0.4, -0.2) is 13.1 Å². The molecule has 0 saturated heterocycles. The van der Waals surface area contributed by atoms with Crippen LogP contribution in [0.15, 0.2) is 24.3 Å². The molecule has 1 aromatic rings. The Balaban J connectivity index is 1.92. The molecule has 0 atom stereocenters. The van der Waals surface area contributed by atoms with Crippen molar-refractivity contribution in [1.29, 1.82) is 0 Å². The minimum absolute atomic E-state index is 0.0881. The Hall–Kier alpha value is -1.95. The van der Waals surface area contributed by atoms with E-state index in [-0.39, 0.29) is 11.9 Å². The Morgan fingerprint density at radius 1 is 1.31 bits per heavy atom. The van der Waals surface area contributed by atoms with Crippen LogP contribution in [0.3, 0.4) is 0 Å². The fraction of sp³-hybridized carbons (Fsp3) is 0.308. The smallest absolute Gasteiger partial charge is 0.322 e. The van der Waals surface area contributed by atoms with Crippen molar-refractivity contribution in [2.45, 2.75) is 12.8 Å². The van der Waals surface area contributed by atoms with Crippen LogP contribution < -0.4 is 4.74 Å². The first kappa shape index (κ1) is 10.6. The van der Waals surface area contributed by atoms with Gasteiger partial charge in [0.05, 0.1) is 13.0 Å². The molecule has 0 unspecified atom stereocenters. The van der Waals surface area contributed by atoms with Crippen LogP contribution in [0.4, 0.5) is 0 Å². The van der Waals surface area contributed by atoms with Gasteiger partial charge in [0.1, 0.15) is 11.9 Å². The normalized spacial score (nSPS) is 13.6. The van der Waals surface area contributed by atoms with E-state index in [1.165, 1.54) is 0 Å². The fourth-order valence-corrected chi connectivity index (χ4v) is 1.21. The van der Waals surface area contributed by atoms with Gasteiger partial charge in [-0.05, 0) is 43.0 Å². The van der Waals surface area contributed by atoms with Crippen LogP contribution in [0.25, 0.3) is 0 Å². The highest BCUT2D eigenvalue weighted by atomic mass is 16.5. The Kier molecular flexibility index (Phi) is 3.11. The van der Waals surface area contributed by atoms with Crippen molar-refractivity contribution in [3.8, 4) is 17.8 Å². The lowest BCUT2D eigenvalue weighted by molar-refractivity contribution is -0.138. The molecular weight excluding hydrogens is 204 g/mol. The summed E-state index contributed by atoms with van der Waals surface area (Å²) in [5.41, 5.74) is 0.796. The lowest BCUT2D eigenvalue weighted by Crippen LogP contribution is -2.01. The number of hydrogen-bond acceptors (Lipinski definition) is 3. The monoisotopic (exact) mass is 216 g/mol. The standard InChI is InChI=1S/C13H12O3/c1-15-12-6-2-10(3-7-12)8-9-16-13(14)11-4-5-11/h2-3,6-7,11H,4-5H2,1H3. The van der Waals surface area contributed by atoms with Gasteiger partial charge in [-0.3, -0.25) is 4.79 Å². The van der Waals surface area contributed by atoms with Gasteiger partial charge >= 0.3 is 5.97 Å². The number of hydrogen-bond donors (Lipinski definition) is 0. The highest BCUT2D eigenvalue weighted by Crippen LogP contribution is 2.29. The van der Waals surface area contributed by atoms with Gasteiger partial charge < -0.3 is 9.47 Å². The second-order valence-corrected chi connectivity index (χ2v) is 3.65. The van der Waals surface area contributed by atoms with Crippen LogP contribution in [0.5, 0.6) is 5.75 Å². The van der Waals surface area contributed by atoms with Crippen molar-refractivity contribution in [1.82, 2.24) is 0 Å². The molecule has 0 radical (unpaired) electrons. The second-order valence-electron chi connectivity index (χ2n) is 3.65. The molecule has 1 fully saturated rings. The zero-order valence-corrected chi connectivity index (χ0v) is 9.03. The van der Waals surface area contributed by atoms with Crippen molar-refractivity contribution in [2.24, 2.45) is 5.92 Å². The van der Waals surface area contributed by atoms with Gasteiger partial charge in [-0.2, -0.15) is 0 Å². The van der Waals surface area contributed by atoms with E-state index in [0.29, 0.717) is 0 Å². The molecule has 1 aromatic carbocycles. The molecule has 0 aromatic heterocycles. The summed E-state index contributed by atoms with van der Waals surface area (Å²) < 4.78 is 9.81. The molecule has 82 valence electrons. The molecule has 0 spiro atoms. The van der Waals surface area contributed by atoms with Crippen molar-refractivity contribution < 1.29 is 14.3 Å². The molecule has 1 aliphatic carbocycles. The summed E-state index contributed by atoms with van der Waals surface area (Å²) in [6.45, 7) is 0. The van der Waals surface area contributed by atoms with Crippen LogP contribution in [0, 0.1) is 17.9 Å². The predicted molar refractivity (Wildman–Crippen MR) is 58.7 cm³/mol. The molecule has 1 saturated carbocycles. The van der Waals surface area contributed by atoms with Crippen LogP contribution in [-0.2, 0) is 9.53 Å². The summed E-state index contributed by atoms with van der Waals surface area (Å²) in [5.74, 6) is 3.42. The molecule has 0 N–H and O–H groups in total. The summed E-state index contributed by atoms with van der Waals surface area (Å²) in [4.78, 5) is 11.2. The molecule has 2 rings (SSSR count). The third kappa shape index (κ3) is 2.77. The van der Waals surface area contributed by atoms with Crippen LogP contribution >= 0.6 is 0 Å². The minimum atomic E-state index is -0.207. The average molecular weight is 216 g/mol. The SMILES string of the molecule is COc1ccc(C#COC(=O)C2CC2)cc1. The Morgan fingerprint density at radius 2 is 2.00 bits per heavy atom. The molecule has 0 aliphatic heterocycles. The van der Waals surface area contributed by atoms with E-state index in [4.69, 9.17) is 9.47 Å². The van der Waals surface area contributed by atoms with Crippen LogP contribution in [0.2, 0.25) is 0 Å². The molecule has 0 amide bonds. The first-order valence-electron chi connectivity index (χ1n) is 5.15. The van der Waals surface area contributed by atoms with E-state index in [2.05, 4.69) is 12.0 Å². The third-order valence-electron chi connectivity index (χ3n) is 2.35. The summed E-state index contributed by atoms with van der Waals surface area (Å²) in [5, 5.41) is 0.